The number of nitrogens with zero attached hydrogens (tertiary/aromatic N) is 1. The highest BCUT2D eigenvalue weighted by Crippen LogP contribution is 2.31. The minimum atomic E-state index is -4.06. The molecule has 7 nitrogen and oxygen atoms in total. The molecule has 11 heteroatoms. The molecular formula is C17H16Cl2N2O5S2. The Bertz CT molecular complexity index is 995. The molecule has 2 aromatic rings. The van der Waals surface area contributed by atoms with Gasteiger partial charge in [0.2, 0.25) is 10.0 Å². The molecular weight excluding hydrogens is 447 g/mol. The van der Waals surface area contributed by atoms with Gasteiger partial charge in [0.1, 0.15) is 6.04 Å². The van der Waals surface area contributed by atoms with Crippen molar-refractivity contribution in [3.63, 3.8) is 0 Å². The number of hydrogen-bond donors (Lipinski definition) is 1. The minimum absolute atomic E-state index is 0.0700. The number of esters is 1. The lowest BCUT2D eigenvalue weighted by Crippen LogP contribution is -2.41. The van der Waals surface area contributed by atoms with Crippen molar-refractivity contribution >= 4 is 56.4 Å². The number of sulfonamides is 1. The molecule has 0 unspecified atom stereocenters. The Hall–Kier alpha value is -1.65. The van der Waals surface area contributed by atoms with E-state index >= 15 is 0 Å². The van der Waals surface area contributed by atoms with Crippen molar-refractivity contribution in [1.29, 1.82) is 0 Å². The third-order valence-corrected chi connectivity index (χ3v) is 7.79. The number of carbonyl (C=O) groups excluding carboxylic acids is 2. The molecule has 150 valence electrons. The van der Waals surface area contributed by atoms with Crippen LogP contribution in [0.15, 0.2) is 40.6 Å². The Morgan fingerprint density at radius 1 is 1.25 bits per heavy atom. The van der Waals surface area contributed by atoms with Crippen LogP contribution in [0, 0.1) is 0 Å². The van der Waals surface area contributed by atoms with Crippen molar-refractivity contribution in [2.24, 2.45) is 0 Å². The van der Waals surface area contributed by atoms with E-state index in [0.717, 1.165) is 4.31 Å². The Morgan fingerprint density at radius 3 is 2.61 bits per heavy atom. The van der Waals surface area contributed by atoms with Crippen molar-refractivity contribution in [2.45, 2.75) is 23.4 Å². The second kappa shape index (κ2) is 8.38. The maximum Gasteiger partial charge on any atom is 0.324 e. The topological polar surface area (TPSA) is 92.8 Å². The maximum absolute atomic E-state index is 13.1. The first-order chi connectivity index (χ1) is 13.2. The molecule has 0 spiro atoms. The summed E-state index contributed by atoms with van der Waals surface area (Å²) < 4.78 is 32.0. The van der Waals surface area contributed by atoms with E-state index in [-0.39, 0.29) is 33.8 Å². The summed E-state index contributed by atoms with van der Waals surface area (Å²) in [6.45, 7) is -0.0700. The lowest BCUT2D eigenvalue weighted by atomic mass is 10.1. The van der Waals surface area contributed by atoms with Crippen LogP contribution in [0.25, 0.3) is 0 Å². The van der Waals surface area contributed by atoms with E-state index in [2.05, 4.69) is 5.32 Å². The Morgan fingerprint density at radius 2 is 2.00 bits per heavy atom. The van der Waals surface area contributed by atoms with Gasteiger partial charge in [-0.3, -0.25) is 9.59 Å². The largest absolute Gasteiger partial charge is 0.468 e. The van der Waals surface area contributed by atoms with Gasteiger partial charge in [0.25, 0.3) is 5.91 Å². The van der Waals surface area contributed by atoms with E-state index in [0.29, 0.717) is 4.88 Å². The number of halogens is 2. The van der Waals surface area contributed by atoms with Crippen molar-refractivity contribution in [2.75, 3.05) is 13.7 Å². The Balaban J connectivity index is 1.87. The average molecular weight is 463 g/mol. The van der Waals surface area contributed by atoms with Gasteiger partial charge in [-0.2, -0.15) is 4.31 Å². The summed E-state index contributed by atoms with van der Waals surface area (Å²) in [5.41, 5.74) is 0. The van der Waals surface area contributed by atoms with Gasteiger partial charge in [0.15, 0.2) is 0 Å². The zero-order chi connectivity index (χ0) is 20.5. The fraction of sp³-hybridized carbons (Fsp3) is 0.294. The molecule has 28 heavy (non-hydrogen) atoms. The van der Waals surface area contributed by atoms with Gasteiger partial charge in [-0.25, -0.2) is 8.42 Å². The maximum atomic E-state index is 13.1. The summed E-state index contributed by atoms with van der Waals surface area (Å²) in [7, 11) is -2.88. The smallest absolute Gasteiger partial charge is 0.324 e. The highest BCUT2D eigenvalue weighted by Gasteiger charge is 2.45. The fourth-order valence-corrected chi connectivity index (χ4v) is 5.61. The van der Waals surface area contributed by atoms with Crippen molar-refractivity contribution in [3.8, 4) is 0 Å². The number of amides is 1. The van der Waals surface area contributed by atoms with Crippen LogP contribution in [0.1, 0.15) is 16.1 Å². The van der Waals surface area contributed by atoms with E-state index in [9.17, 15) is 18.0 Å². The summed E-state index contributed by atoms with van der Waals surface area (Å²) in [5.74, 6) is -1.02. The lowest BCUT2D eigenvalue weighted by molar-refractivity contribution is -0.144. The third-order valence-electron chi connectivity index (χ3n) is 4.31. The first kappa shape index (κ1) is 21.1. The monoisotopic (exact) mass is 462 g/mol. The number of ether oxygens (including phenoxy) is 1. The van der Waals surface area contributed by atoms with E-state index in [1.54, 1.807) is 17.5 Å². The van der Waals surface area contributed by atoms with Crippen molar-refractivity contribution in [1.82, 2.24) is 9.62 Å². The van der Waals surface area contributed by atoms with E-state index in [1.165, 1.54) is 36.6 Å². The van der Waals surface area contributed by atoms with Crippen LogP contribution in [0.3, 0.4) is 0 Å². The first-order valence-corrected chi connectivity index (χ1v) is 11.2. The van der Waals surface area contributed by atoms with Crippen LogP contribution in [0.5, 0.6) is 0 Å². The van der Waals surface area contributed by atoms with Crippen LogP contribution in [0.4, 0.5) is 0 Å². The van der Waals surface area contributed by atoms with Crippen molar-refractivity contribution in [3.05, 3.63) is 50.6 Å². The SMILES string of the molecule is COC(=O)[C@H]1C[C@H](NC(=O)c2cccs2)CN1S(=O)(=O)c1ccc(Cl)c(Cl)c1. The normalized spacial score (nSPS) is 20.1. The molecule has 0 radical (unpaired) electrons. The summed E-state index contributed by atoms with van der Waals surface area (Å²) in [5, 5.41) is 4.84. The molecule has 2 heterocycles. The summed E-state index contributed by atoms with van der Waals surface area (Å²) in [6, 6.07) is 5.72. The Labute approximate surface area is 176 Å². The van der Waals surface area contributed by atoms with Crippen LogP contribution >= 0.6 is 34.5 Å². The highest BCUT2D eigenvalue weighted by atomic mass is 35.5. The predicted octanol–water partition coefficient (Wildman–Crippen LogP) is 2.79. The number of rotatable bonds is 5. The van der Waals surface area contributed by atoms with Gasteiger partial charge < -0.3 is 10.1 Å². The first-order valence-electron chi connectivity index (χ1n) is 8.13. The molecule has 1 fully saturated rings. The second-order valence-electron chi connectivity index (χ2n) is 6.07. The molecule has 1 saturated heterocycles. The van der Waals surface area contributed by atoms with Crippen LogP contribution in [-0.4, -0.2) is 50.3 Å². The molecule has 0 aliphatic carbocycles. The van der Waals surface area contributed by atoms with E-state index in [1.807, 2.05) is 0 Å². The molecule has 1 aromatic heterocycles. The van der Waals surface area contributed by atoms with Gasteiger partial charge in [-0.1, -0.05) is 29.3 Å². The summed E-state index contributed by atoms with van der Waals surface area (Å²) in [4.78, 5) is 24.9. The molecule has 2 atom stereocenters. The molecule has 1 aromatic carbocycles. The second-order valence-corrected chi connectivity index (χ2v) is 9.73. The summed E-state index contributed by atoms with van der Waals surface area (Å²) in [6.07, 6.45) is 0.102. The zero-order valence-electron chi connectivity index (χ0n) is 14.6. The molecule has 0 saturated carbocycles. The number of methoxy groups -OCH3 is 1. The fourth-order valence-electron chi connectivity index (χ4n) is 2.96. The number of thiophene rings is 1. The number of nitrogens with one attached hydrogen (secondary N) is 1. The minimum Gasteiger partial charge on any atom is -0.468 e. The van der Waals surface area contributed by atoms with Gasteiger partial charge in [0.05, 0.1) is 26.9 Å². The van der Waals surface area contributed by atoms with Crippen LogP contribution in [-0.2, 0) is 19.6 Å². The van der Waals surface area contributed by atoms with Gasteiger partial charge in [0, 0.05) is 12.6 Å². The zero-order valence-corrected chi connectivity index (χ0v) is 17.7. The number of carbonyl (C=O) groups is 2. The molecule has 1 N–H and O–H groups in total. The summed E-state index contributed by atoms with van der Waals surface area (Å²) >= 11 is 13.1. The lowest BCUT2D eigenvalue weighted by Gasteiger charge is -2.22. The molecule has 0 bridgehead atoms. The van der Waals surface area contributed by atoms with Crippen molar-refractivity contribution < 1.29 is 22.7 Å². The van der Waals surface area contributed by atoms with Crippen LogP contribution in [0.2, 0.25) is 10.0 Å². The molecule has 1 amide bonds. The predicted molar refractivity (Wildman–Crippen MR) is 106 cm³/mol. The van der Waals surface area contributed by atoms with Gasteiger partial charge in [-0.05, 0) is 36.1 Å². The molecule has 3 rings (SSSR count). The van der Waals surface area contributed by atoms with Gasteiger partial charge >= 0.3 is 5.97 Å². The van der Waals surface area contributed by atoms with E-state index < -0.39 is 28.1 Å². The standard InChI is InChI=1S/C17H16Cl2N2O5S2/c1-26-17(23)14-7-10(20-16(22)15-3-2-6-27-15)9-21(14)28(24,25)11-4-5-12(18)13(19)8-11/h2-6,8,10,14H,7,9H2,1H3,(H,20,22)/t10-,14+/m0/s1. The van der Waals surface area contributed by atoms with Crippen LogP contribution < -0.4 is 5.32 Å². The Kier molecular flexibility index (Phi) is 6.31. The third kappa shape index (κ3) is 4.18. The number of hydrogen-bond acceptors (Lipinski definition) is 6. The molecule has 1 aliphatic heterocycles. The highest BCUT2D eigenvalue weighted by molar-refractivity contribution is 7.89. The quantitative estimate of drug-likeness (QED) is 0.689. The number of benzene rings is 1. The van der Waals surface area contributed by atoms with Gasteiger partial charge in [-0.15, -0.1) is 11.3 Å². The average Bonchev–Trinajstić information content (AvgIpc) is 3.33. The van der Waals surface area contributed by atoms with E-state index in [4.69, 9.17) is 27.9 Å². The molecule has 1 aliphatic rings.